The van der Waals surface area contributed by atoms with Gasteiger partial charge in [0.1, 0.15) is 11.3 Å². The monoisotopic (exact) mass is 241 g/mol. The smallest absolute Gasteiger partial charge is 0.200 e. The Bertz CT molecular complexity index is 735. The van der Waals surface area contributed by atoms with Crippen LogP contribution in [0.4, 0.5) is 0 Å². The van der Waals surface area contributed by atoms with Crippen molar-refractivity contribution >= 4 is 21.9 Å². The van der Waals surface area contributed by atoms with Crippen molar-refractivity contribution in [3.05, 3.63) is 36.2 Å². The minimum absolute atomic E-state index is 0.143. The number of phenolic OH excluding ortho intramolecular Hbond substituents is 1. The predicted molar refractivity (Wildman–Crippen MR) is 71.9 cm³/mol. The fourth-order valence-electron chi connectivity index (χ4n) is 2.06. The van der Waals surface area contributed by atoms with Crippen LogP contribution in [0.3, 0.4) is 0 Å². The molecule has 1 N–H and O–H groups in total. The Balaban J connectivity index is 2.44. The first-order chi connectivity index (χ1) is 8.47. The van der Waals surface area contributed by atoms with Crippen molar-refractivity contribution in [3.8, 4) is 5.75 Å². The van der Waals surface area contributed by atoms with Crippen molar-refractivity contribution in [1.29, 1.82) is 0 Å². The summed E-state index contributed by atoms with van der Waals surface area (Å²) in [6.45, 7) is 6.17. The molecule has 0 radical (unpaired) electrons. The minimum atomic E-state index is -0.143. The zero-order chi connectivity index (χ0) is 12.9. The van der Waals surface area contributed by atoms with Gasteiger partial charge in [0.05, 0.1) is 0 Å². The normalized spacial score (nSPS) is 12.4. The van der Waals surface area contributed by atoms with Crippen LogP contribution in [0.1, 0.15) is 26.7 Å². The van der Waals surface area contributed by atoms with E-state index in [0.29, 0.717) is 11.4 Å². The standard InChI is InChI=1S/C15H15NO2/c1-15(2,3)14-16-11-8-12(17)9-6-4-5-7-10(9)13(11)18-14/h4-8,17H,1-3H3. The highest BCUT2D eigenvalue weighted by molar-refractivity contribution is 6.06. The second-order valence-electron chi connectivity index (χ2n) is 5.56. The van der Waals surface area contributed by atoms with E-state index in [4.69, 9.17) is 4.42 Å². The fraction of sp³-hybridized carbons (Fsp3) is 0.267. The Labute approximate surface area is 105 Å². The average Bonchev–Trinajstić information content (AvgIpc) is 2.73. The van der Waals surface area contributed by atoms with Gasteiger partial charge in [-0.05, 0) is 0 Å². The van der Waals surface area contributed by atoms with E-state index in [-0.39, 0.29) is 11.2 Å². The van der Waals surface area contributed by atoms with Gasteiger partial charge in [0.2, 0.25) is 5.89 Å². The number of benzene rings is 2. The SMILES string of the molecule is CC(C)(C)c1nc2cc(O)c3ccccc3c2o1. The summed E-state index contributed by atoms with van der Waals surface area (Å²) in [4.78, 5) is 4.47. The summed E-state index contributed by atoms with van der Waals surface area (Å²) in [5.74, 6) is 0.931. The van der Waals surface area contributed by atoms with Gasteiger partial charge in [-0.15, -0.1) is 0 Å². The molecule has 0 bridgehead atoms. The van der Waals surface area contributed by atoms with Crippen LogP contribution < -0.4 is 0 Å². The molecule has 0 aliphatic carbocycles. The number of hydrogen-bond acceptors (Lipinski definition) is 3. The van der Waals surface area contributed by atoms with Crippen molar-refractivity contribution in [2.75, 3.05) is 0 Å². The molecular formula is C15H15NO2. The highest BCUT2D eigenvalue weighted by Gasteiger charge is 2.22. The molecule has 0 amide bonds. The van der Waals surface area contributed by atoms with Gasteiger partial charge in [-0.2, -0.15) is 0 Å². The Kier molecular flexibility index (Phi) is 2.14. The van der Waals surface area contributed by atoms with E-state index in [2.05, 4.69) is 25.8 Å². The third-order valence-corrected chi connectivity index (χ3v) is 3.02. The van der Waals surface area contributed by atoms with Crippen LogP contribution in [0.15, 0.2) is 34.7 Å². The summed E-state index contributed by atoms with van der Waals surface area (Å²) < 4.78 is 5.88. The van der Waals surface area contributed by atoms with Crippen LogP contribution in [0.5, 0.6) is 5.75 Å². The molecule has 2 aromatic carbocycles. The molecule has 0 unspecified atom stereocenters. The maximum atomic E-state index is 10.00. The summed E-state index contributed by atoms with van der Waals surface area (Å²) in [6, 6.07) is 9.31. The predicted octanol–water partition coefficient (Wildman–Crippen LogP) is 3.98. The van der Waals surface area contributed by atoms with Crippen molar-refractivity contribution in [2.45, 2.75) is 26.2 Å². The maximum Gasteiger partial charge on any atom is 0.200 e. The Morgan fingerprint density at radius 1 is 1.11 bits per heavy atom. The van der Waals surface area contributed by atoms with Gasteiger partial charge in [-0.3, -0.25) is 0 Å². The van der Waals surface area contributed by atoms with Gasteiger partial charge in [0.25, 0.3) is 0 Å². The molecule has 0 aliphatic heterocycles. The molecule has 92 valence electrons. The highest BCUT2D eigenvalue weighted by Crippen LogP contribution is 2.35. The zero-order valence-electron chi connectivity index (χ0n) is 10.7. The van der Waals surface area contributed by atoms with E-state index < -0.39 is 0 Å². The molecule has 0 fully saturated rings. The molecule has 3 rings (SSSR count). The largest absolute Gasteiger partial charge is 0.507 e. The fourth-order valence-corrected chi connectivity index (χ4v) is 2.06. The molecule has 1 aromatic heterocycles. The molecule has 0 atom stereocenters. The number of fused-ring (bicyclic) bond motifs is 3. The molecule has 3 heteroatoms. The van der Waals surface area contributed by atoms with Crippen LogP contribution >= 0.6 is 0 Å². The number of rotatable bonds is 0. The Morgan fingerprint density at radius 3 is 2.44 bits per heavy atom. The third-order valence-electron chi connectivity index (χ3n) is 3.02. The number of nitrogens with zero attached hydrogens (tertiary/aromatic N) is 1. The summed E-state index contributed by atoms with van der Waals surface area (Å²) in [6.07, 6.45) is 0. The summed E-state index contributed by atoms with van der Waals surface area (Å²) in [5, 5.41) is 11.7. The number of phenols is 1. The number of aromatic hydroxyl groups is 1. The summed E-state index contributed by atoms with van der Waals surface area (Å²) >= 11 is 0. The van der Waals surface area contributed by atoms with Crippen molar-refractivity contribution in [3.63, 3.8) is 0 Å². The van der Waals surface area contributed by atoms with E-state index in [1.165, 1.54) is 0 Å². The Morgan fingerprint density at radius 2 is 1.78 bits per heavy atom. The summed E-state index contributed by atoms with van der Waals surface area (Å²) in [5.41, 5.74) is 1.31. The topological polar surface area (TPSA) is 46.3 Å². The van der Waals surface area contributed by atoms with Crippen LogP contribution in [-0.2, 0) is 5.41 Å². The second kappa shape index (κ2) is 3.48. The quantitative estimate of drug-likeness (QED) is 0.647. The lowest BCUT2D eigenvalue weighted by atomic mass is 9.97. The van der Waals surface area contributed by atoms with Gasteiger partial charge in [-0.1, -0.05) is 45.0 Å². The number of aromatic nitrogens is 1. The molecule has 18 heavy (non-hydrogen) atoms. The number of hydrogen-bond donors (Lipinski definition) is 1. The molecule has 0 aliphatic rings. The van der Waals surface area contributed by atoms with Crippen LogP contribution in [0.25, 0.3) is 21.9 Å². The Hall–Kier alpha value is -2.03. The lowest BCUT2D eigenvalue weighted by molar-refractivity contribution is 0.412. The highest BCUT2D eigenvalue weighted by atomic mass is 16.3. The lowest BCUT2D eigenvalue weighted by Gasteiger charge is -2.11. The van der Waals surface area contributed by atoms with Gasteiger partial charge >= 0.3 is 0 Å². The first-order valence-corrected chi connectivity index (χ1v) is 5.98. The van der Waals surface area contributed by atoms with Crippen LogP contribution in [-0.4, -0.2) is 10.1 Å². The van der Waals surface area contributed by atoms with E-state index in [1.54, 1.807) is 6.07 Å². The van der Waals surface area contributed by atoms with E-state index in [0.717, 1.165) is 16.4 Å². The van der Waals surface area contributed by atoms with Crippen molar-refractivity contribution < 1.29 is 9.52 Å². The van der Waals surface area contributed by atoms with Crippen molar-refractivity contribution in [2.24, 2.45) is 0 Å². The van der Waals surface area contributed by atoms with E-state index >= 15 is 0 Å². The summed E-state index contributed by atoms with van der Waals surface area (Å²) in [7, 11) is 0. The van der Waals surface area contributed by atoms with E-state index in [1.807, 2.05) is 24.3 Å². The average molecular weight is 241 g/mol. The molecule has 1 heterocycles. The third kappa shape index (κ3) is 1.55. The molecular weight excluding hydrogens is 226 g/mol. The van der Waals surface area contributed by atoms with Gasteiger partial charge in [0.15, 0.2) is 5.58 Å². The number of oxazole rings is 1. The second-order valence-corrected chi connectivity index (χ2v) is 5.56. The molecule has 3 nitrogen and oxygen atoms in total. The maximum absolute atomic E-state index is 10.00. The van der Waals surface area contributed by atoms with Crippen LogP contribution in [0.2, 0.25) is 0 Å². The lowest BCUT2D eigenvalue weighted by Crippen LogP contribution is -2.10. The minimum Gasteiger partial charge on any atom is -0.507 e. The zero-order valence-corrected chi connectivity index (χ0v) is 10.7. The van der Waals surface area contributed by atoms with Gasteiger partial charge in [-0.25, -0.2) is 4.98 Å². The van der Waals surface area contributed by atoms with Crippen LogP contribution in [0, 0.1) is 0 Å². The molecule has 0 spiro atoms. The molecule has 0 saturated carbocycles. The van der Waals surface area contributed by atoms with Gasteiger partial charge < -0.3 is 9.52 Å². The molecule has 3 aromatic rings. The van der Waals surface area contributed by atoms with E-state index in [9.17, 15) is 5.11 Å². The van der Waals surface area contributed by atoms with Gasteiger partial charge in [0, 0.05) is 22.3 Å². The first-order valence-electron chi connectivity index (χ1n) is 5.98. The molecule has 0 saturated heterocycles. The first kappa shape index (κ1) is 11.1. The van der Waals surface area contributed by atoms with Crippen molar-refractivity contribution in [1.82, 2.24) is 4.98 Å².